The van der Waals surface area contributed by atoms with Gasteiger partial charge in [-0.3, -0.25) is 10.1 Å². The van der Waals surface area contributed by atoms with Gasteiger partial charge in [0, 0.05) is 18.7 Å². The molecule has 0 spiro atoms. The maximum atomic E-state index is 13.1. The average Bonchev–Trinajstić information content (AvgIpc) is 2.48. The first kappa shape index (κ1) is 15.0. The Morgan fingerprint density at radius 3 is 2.81 bits per heavy atom. The van der Waals surface area contributed by atoms with E-state index in [0.717, 1.165) is 0 Å². The minimum atomic E-state index is -0.549. The van der Waals surface area contributed by atoms with Crippen LogP contribution in [0.3, 0.4) is 0 Å². The van der Waals surface area contributed by atoms with E-state index in [1.54, 1.807) is 0 Å². The quantitative estimate of drug-likeness (QED) is 0.676. The first-order valence-electron chi connectivity index (χ1n) is 5.88. The molecule has 0 aliphatic rings. The van der Waals surface area contributed by atoms with E-state index >= 15 is 0 Å². The van der Waals surface area contributed by atoms with Crippen molar-refractivity contribution in [3.63, 3.8) is 0 Å². The lowest BCUT2D eigenvalue weighted by atomic mass is 10.2. The highest BCUT2D eigenvalue weighted by Gasteiger charge is 2.16. The number of halogens is 2. The average molecular weight is 312 g/mol. The first-order valence-corrected chi connectivity index (χ1v) is 6.26. The molecule has 0 radical (unpaired) electrons. The van der Waals surface area contributed by atoms with Gasteiger partial charge in [-0.05, 0) is 17.7 Å². The summed E-state index contributed by atoms with van der Waals surface area (Å²) in [6.07, 6.45) is 0. The van der Waals surface area contributed by atoms with Crippen LogP contribution in [0.1, 0.15) is 5.56 Å². The molecular formula is C13H11ClFN3O3. The number of pyridine rings is 1. The van der Waals surface area contributed by atoms with Crippen LogP contribution >= 0.6 is 11.6 Å². The molecule has 0 saturated carbocycles. The maximum absolute atomic E-state index is 13.1. The lowest BCUT2D eigenvalue weighted by Gasteiger charge is -2.08. The maximum Gasteiger partial charge on any atom is 0.311 e. The summed E-state index contributed by atoms with van der Waals surface area (Å²) in [6.45, 7) is 0.209. The number of rotatable bonds is 5. The van der Waals surface area contributed by atoms with Crippen LogP contribution in [-0.4, -0.2) is 17.0 Å². The van der Waals surface area contributed by atoms with Crippen molar-refractivity contribution in [1.29, 1.82) is 0 Å². The van der Waals surface area contributed by atoms with Crippen molar-refractivity contribution < 1.29 is 14.1 Å². The number of anilines is 1. The molecular weight excluding hydrogens is 301 g/mol. The highest BCUT2D eigenvalue weighted by atomic mass is 35.5. The SMILES string of the molecule is COc1ccc([N+](=O)[O-])c(NCc2ccc(F)c(Cl)c2)n1. The van der Waals surface area contributed by atoms with Crippen molar-refractivity contribution in [2.75, 3.05) is 12.4 Å². The second kappa shape index (κ2) is 6.36. The molecule has 110 valence electrons. The summed E-state index contributed by atoms with van der Waals surface area (Å²) >= 11 is 5.68. The minimum absolute atomic E-state index is 0.0117. The molecule has 1 aromatic heterocycles. The number of ether oxygens (including phenoxy) is 1. The molecule has 1 N–H and O–H groups in total. The van der Waals surface area contributed by atoms with Gasteiger partial charge in [-0.25, -0.2) is 4.39 Å². The molecule has 0 saturated heterocycles. The standard InChI is InChI=1S/C13H11ClFN3O3/c1-21-12-5-4-11(18(19)20)13(17-12)16-7-8-2-3-10(15)9(14)6-8/h2-6H,7H2,1H3,(H,16,17). The van der Waals surface area contributed by atoms with Gasteiger partial charge in [0.1, 0.15) is 5.82 Å². The van der Waals surface area contributed by atoms with Crippen molar-refractivity contribution >= 4 is 23.1 Å². The van der Waals surface area contributed by atoms with Crippen LogP contribution in [0.5, 0.6) is 5.88 Å². The Balaban J connectivity index is 2.21. The van der Waals surface area contributed by atoms with Gasteiger partial charge in [0.25, 0.3) is 0 Å². The Morgan fingerprint density at radius 2 is 2.19 bits per heavy atom. The van der Waals surface area contributed by atoms with Crippen molar-refractivity contribution in [1.82, 2.24) is 4.98 Å². The number of methoxy groups -OCH3 is 1. The monoisotopic (exact) mass is 311 g/mol. The summed E-state index contributed by atoms with van der Waals surface area (Å²) in [5.41, 5.74) is 0.490. The molecule has 0 fully saturated rings. The van der Waals surface area contributed by atoms with E-state index in [2.05, 4.69) is 10.3 Å². The van der Waals surface area contributed by atoms with Crippen LogP contribution in [0.25, 0.3) is 0 Å². The van der Waals surface area contributed by atoms with Crippen molar-refractivity contribution in [2.45, 2.75) is 6.54 Å². The molecule has 1 aromatic carbocycles. The minimum Gasteiger partial charge on any atom is -0.481 e. The van der Waals surface area contributed by atoms with E-state index in [-0.39, 0.29) is 29.0 Å². The van der Waals surface area contributed by atoms with Gasteiger partial charge < -0.3 is 10.1 Å². The predicted octanol–water partition coefficient (Wildman–Crippen LogP) is 3.40. The highest BCUT2D eigenvalue weighted by Crippen LogP contribution is 2.25. The van der Waals surface area contributed by atoms with Gasteiger partial charge in [-0.2, -0.15) is 4.98 Å². The van der Waals surface area contributed by atoms with Gasteiger partial charge in [0.05, 0.1) is 17.1 Å². The fourth-order valence-electron chi connectivity index (χ4n) is 1.66. The van der Waals surface area contributed by atoms with Crippen LogP contribution in [-0.2, 0) is 6.54 Å². The summed E-state index contributed by atoms with van der Waals surface area (Å²) in [7, 11) is 1.41. The van der Waals surface area contributed by atoms with Crippen LogP contribution < -0.4 is 10.1 Å². The number of aromatic nitrogens is 1. The molecule has 0 unspecified atom stereocenters. The summed E-state index contributed by atoms with van der Waals surface area (Å²) in [6, 6.07) is 6.90. The molecule has 21 heavy (non-hydrogen) atoms. The Hall–Kier alpha value is -2.41. The molecule has 0 aliphatic heterocycles. The third-order valence-corrected chi connectivity index (χ3v) is 2.99. The Bertz CT molecular complexity index is 682. The molecule has 0 amide bonds. The number of hydrogen-bond acceptors (Lipinski definition) is 5. The molecule has 6 nitrogen and oxygen atoms in total. The lowest BCUT2D eigenvalue weighted by Crippen LogP contribution is -2.05. The van der Waals surface area contributed by atoms with Gasteiger partial charge in [0.2, 0.25) is 11.7 Å². The van der Waals surface area contributed by atoms with E-state index < -0.39 is 10.7 Å². The molecule has 2 rings (SSSR count). The zero-order valence-corrected chi connectivity index (χ0v) is 11.7. The number of hydrogen-bond donors (Lipinski definition) is 1. The van der Waals surface area contributed by atoms with Crippen molar-refractivity contribution in [3.8, 4) is 5.88 Å². The van der Waals surface area contributed by atoms with Gasteiger partial charge in [-0.15, -0.1) is 0 Å². The number of nitrogens with zero attached hydrogens (tertiary/aromatic N) is 2. The zero-order chi connectivity index (χ0) is 15.4. The topological polar surface area (TPSA) is 77.3 Å². The number of benzene rings is 1. The molecule has 0 atom stereocenters. The fraction of sp³-hybridized carbons (Fsp3) is 0.154. The zero-order valence-electron chi connectivity index (χ0n) is 11.0. The summed E-state index contributed by atoms with van der Waals surface area (Å²) in [5, 5.41) is 13.8. The largest absolute Gasteiger partial charge is 0.481 e. The van der Waals surface area contributed by atoms with E-state index in [1.165, 1.54) is 37.4 Å². The number of nitro groups is 1. The second-order valence-electron chi connectivity index (χ2n) is 4.08. The van der Waals surface area contributed by atoms with E-state index in [1.807, 2.05) is 0 Å². The molecule has 1 heterocycles. The third kappa shape index (κ3) is 3.57. The lowest BCUT2D eigenvalue weighted by molar-refractivity contribution is -0.384. The van der Waals surface area contributed by atoms with Crippen molar-refractivity contribution in [2.24, 2.45) is 0 Å². The summed E-state index contributed by atoms with van der Waals surface area (Å²) in [5.74, 6) is -0.203. The highest BCUT2D eigenvalue weighted by molar-refractivity contribution is 6.30. The van der Waals surface area contributed by atoms with Gasteiger partial charge in [0.15, 0.2) is 0 Å². The molecule has 8 heteroatoms. The normalized spacial score (nSPS) is 10.2. The fourth-order valence-corrected chi connectivity index (χ4v) is 1.86. The molecule has 0 aliphatic carbocycles. The van der Waals surface area contributed by atoms with E-state index in [4.69, 9.17) is 16.3 Å². The third-order valence-electron chi connectivity index (χ3n) is 2.70. The number of nitrogens with one attached hydrogen (secondary N) is 1. The summed E-state index contributed by atoms with van der Waals surface area (Å²) < 4.78 is 18.0. The summed E-state index contributed by atoms with van der Waals surface area (Å²) in [4.78, 5) is 14.4. The van der Waals surface area contributed by atoms with Crippen molar-refractivity contribution in [3.05, 3.63) is 56.8 Å². The second-order valence-corrected chi connectivity index (χ2v) is 4.49. The Labute approximate surface area is 124 Å². The predicted molar refractivity (Wildman–Crippen MR) is 76.2 cm³/mol. The van der Waals surface area contributed by atoms with E-state index in [9.17, 15) is 14.5 Å². The Kier molecular flexibility index (Phi) is 4.54. The smallest absolute Gasteiger partial charge is 0.311 e. The van der Waals surface area contributed by atoms with Gasteiger partial charge >= 0.3 is 5.69 Å². The Morgan fingerprint density at radius 1 is 1.43 bits per heavy atom. The van der Waals surface area contributed by atoms with Crippen LogP contribution in [0.2, 0.25) is 5.02 Å². The first-order chi connectivity index (χ1) is 10.0. The van der Waals surface area contributed by atoms with E-state index in [0.29, 0.717) is 5.56 Å². The molecule has 0 bridgehead atoms. The molecule has 2 aromatic rings. The van der Waals surface area contributed by atoms with Gasteiger partial charge in [-0.1, -0.05) is 17.7 Å². The van der Waals surface area contributed by atoms with Crippen LogP contribution in [0.15, 0.2) is 30.3 Å². The van der Waals surface area contributed by atoms with Crippen LogP contribution in [0.4, 0.5) is 15.9 Å². The van der Waals surface area contributed by atoms with Crippen LogP contribution in [0, 0.1) is 15.9 Å².